The van der Waals surface area contributed by atoms with Crippen molar-refractivity contribution in [2.45, 2.75) is 66.0 Å². The third-order valence-corrected chi connectivity index (χ3v) is 4.57. The van der Waals surface area contributed by atoms with Crippen molar-refractivity contribution in [3.05, 3.63) is 34.8 Å². The molecule has 4 nitrogen and oxygen atoms in total. The van der Waals surface area contributed by atoms with Gasteiger partial charge in [0.2, 0.25) is 0 Å². The van der Waals surface area contributed by atoms with E-state index in [1.807, 2.05) is 39.1 Å². The molecular formula is C20H28N2O2S. The first-order valence-electron chi connectivity index (χ1n) is 8.67. The van der Waals surface area contributed by atoms with Gasteiger partial charge in [0.25, 0.3) is 0 Å². The highest BCUT2D eigenvalue weighted by molar-refractivity contribution is 7.17. The lowest BCUT2D eigenvalue weighted by Crippen LogP contribution is -2.23. The number of pyridine rings is 1. The summed E-state index contributed by atoms with van der Waals surface area (Å²) in [4.78, 5) is 18.5. The van der Waals surface area contributed by atoms with Crippen LogP contribution in [0, 0.1) is 0 Å². The summed E-state index contributed by atoms with van der Waals surface area (Å²) in [5.41, 5.74) is 1.72. The molecule has 5 heteroatoms. The lowest BCUT2D eigenvalue weighted by Gasteiger charge is -2.18. The predicted octanol–water partition coefficient (Wildman–Crippen LogP) is 5.71. The van der Waals surface area contributed by atoms with Crippen LogP contribution in [0.2, 0.25) is 0 Å². The molecule has 0 saturated carbocycles. The Hall–Kier alpha value is -1.88. The van der Waals surface area contributed by atoms with Gasteiger partial charge in [-0.05, 0) is 64.3 Å². The highest BCUT2D eigenvalue weighted by Gasteiger charge is 2.20. The molecule has 0 aliphatic heterocycles. The minimum absolute atomic E-state index is 0.279. The van der Waals surface area contributed by atoms with Gasteiger partial charge in [-0.25, -0.2) is 9.78 Å². The summed E-state index contributed by atoms with van der Waals surface area (Å²) < 4.78 is 5.44. The first-order chi connectivity index (χ1) is 11.6. The standard InChI is InChI=1S/C20H28N2O2S/c1-12(2)15-10-14(11-21-18(15)22-13(3)4)16-8-9-17(25-16)19(23)24-20(5,6)7/h8-13H,1-7H3,(H,21,22). The summed E-state index contributed by atoms with van der Waals surface area (Å²) in [5, 5.41) is 3.40. The number of hydrogen-bond acceptors (Lipinski definition) is 5. The summed E-state index contributed by atoms with van der Waals surface area (Å²) >= 11 is 1.44. The zero-order valence-corrected chi connectivity index (χ0v) is 17.0. The smallest absolute Gasteiger partial charge is 0.348 e. The van der Waals surface area contributed by atoms with Crippen LogP contribution >= 0.6 is 11.3 Å². The summed E-state index contributed by atoms with van der Waals surface area (Å²) in [5.74, 6) is 1.01. The van der Waals surface area contributed by atoms with Crippen LogP contribution in [0.15, 0.2) is 24.4 Å². The number of ether oxygens (including phenoxy) is 1. The zero-order valence-electron chi connectivity index (χ0n) is 16.1. The van der Waals surface area contributed by atoms with Gasteiger partial charge in [-0.15, -0.1) is 11.3 Å². The van der Waals surface area contributed by atoms with Crippen molar-refractivity contribution in [2.24, 2.45) is 0 Å². The second-order valence-corrected chi connectivity index (χ2v) is 8.87. The molecule has 2 heterocycles. The normalized spacial score (nSPS) is 11.9. The van der Waals surface area contributed by atoms with Gasteiger partial charge in [0.15, 0.2) is 0 Å². The number of esters is 1. The Balaban J connectivity index is 2.30. The van der Waals surface area contributed by atoms with Crippen molar-refractivity contribution < 1.29 is 9.53 Å². The Kier molecular flexibility index (Phi) is 5.88. The summed E-state index contributed by atoms with van der Waals surface area (Å²) in [6.45, 7) is 14.1. The maximum absolute atomic E-state index is 12.2. The molecule has 0 fully saturated rings. The average molecular weight is 361 g/mol. The summed E-state index contributed by atoms with van der Waals surface area (Å²) in [7, 11) is 0. The average Bonchev–Trinajstić information content (AvgIpc) is 2.95. The molecule has 2 aromatic heterocycles. The highest BCUT2D eigenvalue weighted by atomic mass is 32.1. The minimum atomic E-state index is -0.488. The zero-order chi connectivity index (χ0) is 18.8. The van der Waals surface area contributed by atoms with Crippen molar-refractivity contribution in [1.29, 1.82) is 0 Å². The molecular weight excluding hydrogens is 332 g/mol. The number of aromatic nitrogens is 1. The van der Waals surface area contributed by atoms with Gasteiger partial charge in [-0.3, -0.25) is 0 Å². The van der Waals surface area contributed by atoms with E-state index in [0.29, 0.717) is 16.8 Å². The Labute approximate surface area is 154 Å². The van der Waals surface area contributed by atoms with Crippen molar-refractivity contribution in [3.63, 3.8) is 0 Å². The van der Waals surface area contributed by atoms with Gasteiger partial charge in [0.05, 0.1) is 0 Å². The number of nitrogens with one attached hydrogen (secondary N) is 1. The molecule has 0 atom stereocenters. The van der Waals surface area contributed by atoms with Gasteiger partial charge in [-0.2, -0.15) is 0 Å². The fraction of sp³-hybridized carbons (Fsp3) is 0.500. The number of anilines is 1. The van der Waals surface area contributed by atoms with E-state index in [-0.39, 0.29) is 5.97 Å². The van der Waals surface area contributed by atoms with Gasteiger partial charge in [0.1, 0.15) is 16.3 Å². The monoisotopic (exact) mass is 360 g/mol. The van der Waals surface area contributed by atoms with Crippen LogP contribution in [0.25, 0.3) is 10.4 Å². The second kappa shape index (κ2) is 7.56. The minimum Gasteiger partial charge on any atom is -0.456 e. The van der Waals surface area contributed by atoms with Gasteiger partial charge in [0, 0.05) is 22.7 Å². The molecule has 0 aromatic carbocycles. The van der Waals surface area contributed by atoms with Crippen LogP contribution < -0.4 is 5.32 Å². The van der Waals surface area contributed by atoms with Crippen molar-refractivity contribution in [2.75, 3.05) is 5.32 Å². The van der Waals surface area contributed by atoms with Gasteiger partial charge in [-0.1, -0.05) is 13.8 Å². The van der Waals surface area contributed by atoms with Crippen LogP contribution in [-0.2, 0) is 4.74 Å². The molecule has 2 rings (SSSR count). The third kappa shape index (κ3) is 5.30. The second-order valence-electron chi connectivity index (χ2n) is 7.78. The van der Waals surface area contributed by atoms with Crippen LogP contribution in [-0.4, -0.2) is 22.6 Å². The van der Waals surface area contributed by atoms with E-state index in [2.05, 4.69) is 44.1 Å². The molecule has 0 spiro atoms. The topological polar surface area (TPSA) is 51.2 Å². The lowest BCUT2D eigenvalue weighted by atomic mass is 10.0. The van der Waals surface area contributed by atoms with E-state index in [4.69, 9.17) is 4.74 Å². The van der Waals surface area contributed by atoms with Crippen molar-refractivity contribution in [1.82, 2.24) is 4.98 Å². The van der Waals surface area contributed by atoms with E-state index in [9.17, 15) is 4.79 Å². The third-order valence-electron chi connectivity index (χ3n) is 3.46. The first kappa shape index (κ1) is 19.4. The largest absolute Gasteiger partial charge is 0.456 e. The van der Waals surface area contributed by atoms with Crippen LogP contribution in [0.5, 0.6) is 0 Å². The molecule has 0 amide bonds. The number of nitrogens with zero attached hydrogens (tertiary/aromatic N) is 1. The van der Waals surface area contributed by atoms with E-state index >= 15 is 0 Å². The SMILES string of the molecule is CC(C)Nc1ncc(-c2ccc(C(=O)OC(C)(C)C)s2)cc1C(C)C. The Morgan fingerprint density at radius 2 is 1.88 bits per heavy atom. The molecule has 136 valence electrons. The maximum atomic E-state index is 12.2. The lowest BCUT2D eigenvalue weighted by molar-refractivity contribution is 0.00752. The van der Waals surface area contributed by atoms with E-state index in [1.165, 1.54) is 16.9 Å². The van der Waals surface area contributed by atoms with Gasteiger partial charge < -0.3 is 10.1 Å². The Morgan fingerprint density at radius 3 is 2.44 bits per heavy atom. The summed E-state index contributed by atoms with van der Waals surface area (Å²) in [6, 6.07) is 6.27. The van der Waals surface area contributed by atoms with Crippen LogP contribution in [0.1, 0.15) is 69.6 Å². The van der Waals surface area contributed by atoms with Gasteiger partial charge >= 0.3 is 5.97 Å². The number of carbonyl (C=O) groups excluding carboxylic acids is 1. The molecule has 0 bridgehead atoms. The summed E-state index contributed by atoms with van der Waals surface area (Å²) in [6.07, 6.45) is 1.86. The highest BCUT2D eigenvalue weighted by Crippen LogP contribution is 2.33. The number of thiophene rings is 1. The molecule has 25 heavy (non-hydrogen) atoms. The van der Waals surface area contributed by atoms with E-state index < -0.39 is 5.60 Å². The fourth-order valence-electron chi connectivity index (χ4n) is 2.38. The number of rotatable bonds is 5. The predicted molar refractivity (Wildman–Crippen MR) is 106 cm³/mol. The Morgan fingerprint density at radius 1 is 1.20 bits per heavy atom. The van der Waals surface area contributed by atoms with E-state index in [1.54, 1.807) is 0 Å². The molecule has 2 aromatic rings. The maximum Gasteiger partial charge on any atom is 0.348 e. The Bertz CT molecular complexity index is 742. The molecule has 0 unspecified atom stereocenters. The fourth-order valence-corrected chi connectivity index (χ4v) is 3.25. The molecule has 0 saturated heterocycles. The molecule has 0 radical (unpaired) electrons. The molecule has 1 N–H and O–H groups in total. The number of hydrogen-bond donors (Lipinski definition) is 1. The molecule has 0 aliphatic carbocycles. The van der Waals surface area contributed by atoms with Crippen molar-refractivity contribution >= 4 is 23.1 Å². The van der Waals surface area contributed by atoms with Crippen molar-refractivity contribution in [3.8, 4) is 10.4 Å². The number of carbonyl (C=O) groups is 1. The first-order valence-corrected chi connectivity index (χ1v) is 9.48. The molecule has 0 aliphatic rings. The quantitative estimate of drug-likeness (QED) is 0.694. The van der Waals surface area contributed by atoms with Crippen LogP contribution in [0.3, 0.4) is 0 Å². The van der Waals surface area contributed by atoms with Crippen LogP contribution in [0.4, 0.5) is 5.82 Å². The van der Waals surface area contributed by atoms with E-state index in [0.717, 1.165) is 16.3 Å².